The minimum absolute atomic E-state index is 0.124. The highest BCUT2D eigenvalue weighted by Gasteiger charge is 2.02. The summed E-state index contributed by atoms with van der Waals surface area (Å²) in [6, 6.07) is 0.922. The Balaban J connectivity index is 2.93. The van der Waals surface area contributed by atoms with E-state index in [2.05, 4.69) is 27.2 Å². The molecule has 15 heavy (non-hydrogen) atoms. The van der Waals surface area contributed by atoms with Gasteiger partial charge in [0.15, 0.2) is 0 Å². The van der Waals surface area contributed by atoms with Crippen LogP contribution in [0.4, 0.5) is 10.7 Å². The number of aromatic nitrogens is 2. The number of H-pyrrole nitrogens is 1. The summed E-state index contributed by atoms with van der Waals surface area (Å²) in [6.07, 6.45) is 2.16. The van der Waals surface area contributed by atoms with Gasteiger partial charge in [-0.1, -0.05) is 6.08 Å². The summed E-state index contributed by atoms with van der Waals surface area (Å²) in [5.74, 6) is 0.124. The van der Waals surface area contributed by atoms with E-state index in [4.69, 9.17) is 0 Å². The molecule has 6 heteroatoms. The molecule has 6 nitrogen and oxygen atoms in total. The zero-order valence-corrected chi connectivity index (χ0v) is 8.33. The highest BCUT2D eigenvalue weighted by atomic mass is 16.2. The number of nitrogens with zero attached hydrogens (tertiary/aromatic N) is 1. The fourth-order valence-electron chi connectivity index (χ4n) is 1.00. The molecular formula is C9H12N4O2. The molecule has 1 aromatic heterocycles. The lowest BCUT2D eigenvalue weighted by molar-refractivity contribution is 0.254. The zero-order valence-electron chi connectivity index (χ0n) is 8.33. The summed E-state index contributed by atoms with van der Waals surface area (Å²) in [4.78, 5) is 28.5. The fourth-order valence-corrected chi connectivity index (χ4v) is 1.00. The molecule has 0 unspecified atom stereocenters. The second-order valence-corrected chi connectivity index (χ2v) is 2.79. The van der Waals surface area contributed by atoms with E-state index in [0.717, 1.165) is 0 Å². The van der Waals surface area contributed by atoms with Gasteiger partial charge in [0.2, 0.25) is 5.95 Å². The molecule has 0 aliphatic heterocycles. The van der Waals surface area contributed by atoms with Crippen LogP contribution >= 0.6 is 0 Å². The second kappa shape index (κ2) is 4.94. The monoisotopic (exact) mass is 208 g/mol. The Labute approximate surface area is 86.4 Å². The van der Waals surface area contributed by atoms with Crippen molar-refractivity contribution in [1.29, 1.82) is 0 Å². The number of rotatable bonds is 3. The number of carbonyl (C=O) groups excluding carboxylic acids is 1. The Morgan fingerprint density at radius 2 is 2.47 bits per heavy atom. The van der Waals surface area contributed by atoms with Crippen LogP contribution in [-0.4, -0.2) is 23.0 Å². The number of urea groups is 1. The van der Waals surface area contributed by atoms with Crippen LogP contribution in [0.3, 0.4) is 0 Å². The van der Waals surface area contributed by atoms with Gasteiger partial charge in [0.05, 0.1) is 0 Å². The van der Waals surface area contributed by atoms with E-state index in [-0.39, 0.29) is 5.95 Å². The van der Waals surface area contributed by atoms with Gasteiger partial charge in [-0.15, -0.1) is 6.58 Å². The normalized spacial score (nSPS) is 9.40. The molecule has 1 heterocycles. The summed E-state index contributed by atoms with van der Waals surface area (Å²) < 4.78 is 0. The highest BCUT2D eigenvalue weighted by Crippen LogP contribution is 1.98. The predicted molar refractivity (Wildman–Crippen MR) is 56.8 cm³/mol. The van der Waals surface area contributed by atoms with E-state index in [1.807, 2.05) is 0 Å². The number of aromatic amines is 1. The van der Waals surface area contributed by atoms with Gasteiger partial charge in [-0.05, 0) is 0 Å². The van der Waals surface area contributed by atoms with Crippen LogP contribution in [0, 0.1) is 0 Å². The van der Waals surface area contributed by atoms with Crippen molar-refractivity contribution in [2.24, 2.45) is 0 Å². The van der Waals surface area contributed by atoms with Crippen molar-refractivity contribution < 1.29 is 4.79 Å². The molecule has 0 aliphatic rings. The molecule has 1 aromatic rings. The van der Waals surface area contributed by atoms with Crippen LogP contribution in [0.2, 0.25) is 0 Å². The van der Waals surface area contributed by atoms with Crippen molar-refractivity contribution >= 4 is 12.0 Å². The molecule has 80 valence electrons. The van der Waals surface area contributed by atoms with Gasteiger partial charge in [-0.25, -0.2) is 4.79 Å². The SMILES string of the molecule is C=CCc1cc(=O)nc(NC(=O)NC)[nH]1. The molecular weight excluding hydrogens is 196 g/mol. The van der Waals surface area contributed by atoms with E-state index in [1.165, 1.54) is 13.1 Å². The van der Waals surface area contributed by atoms with Crippen LogP contribution in [0.25, 0.3) is 0 Å². The summed E-state index contributed by atoms with van der Waals surface area (Å²) in [6.45, 7) is 3.55. The topological polar surface area (TPSA) is 86.9 Å². The molecule has 1 rings (SSSR count). The first kappa shape index (κ1) is 11.0. The number of hydrogen-bond acceptors (Lipinski definition) is 3. The molecule has 0 aromatic carbocycles. The minimum Gasteiger partial charge on any atom is -0.341 e. The number of hydrogen-bond donors (Lipinski definition) is 3. The lowest BCUT2D eigenvalue weighted by atomic mass is 10.3. The molecule has 0 fully saturated rings. The Morgan fingerprint density at radius 1 is 1.73 bits per heavy atom. The largest absolute Gasteiger partial charge is 0.341 e. The maximum absolute atomic E-state index is 11.1. The Morgan fingerprint density at radius 3 is 3.07 bits per heavy atom. The lowest BCUT2D eigenvalue weighted by Gasteiger charge is -2.04. The summed E-state index contributed by atoms with van der Waals surface area (Å²) in [7, 11) is 1.47. The maximum Gasteiger partial charge on any atom is 0.321 e. The van der Waals surface area contributed by atoms with Crippen LogP contribution in [0.15, 0.2) is 23.5 Å². The van der Waals surface area contributed by atoms with Crippen molar-refractivity contribution in [3.8, 4) is 0 Å². The van der Waals surface area contributed by atoms with E-state index in [1.54, 1.807) is 6.08 Å². The van der Waals surface area contributed by atoms with Crippen LogP contribution in [0.1, 0.15) is 5.69 Å². The Kier molecular flexibility index (Phi) is 3.61. The summed E-state index contributed by atoms with van der Waals surface area (Å²) in [5.41, 5.74) is 0.244. The average Bonchev–Trinajstić information content (AvgIpc) is 2.17. The smallest absolute Gasteiger partial charge is 0.321 e. The van der Waals surface area contributed by atoms with Crippen molar-refractivity contribution in [3.63, 3.8) is 0 Å². The number of anilines is 1. The van der Waals surface area contributed by atoms with Crippen molar-refractivity contribution in [2.75, 3.05) is 12.4 Å². The Bertz CT molecular complexity index is 424. The zero-order chi connectivity index (χ0) is 11.3. The molecule has 0 saturated heterocycles. The molecule has 0 spiro atoms. The second-order valence-electron chi connectivity index (χ2n) is 2.79. The summed E-state index contributed by atoms with van der Waals surface area (Å²) >= 11 is 0. The van der Waals surface area contributed by atoms with E-state index in [0.29, 0.717) is 12.1 Å². The highest BCUT2D eigenvalue weighted by molar-refractivity contribution is 5.86. The first-order valence-corrected chi connectivity index (χ1v) is 4.35. The standard InChI is InChI=1S/C9H12N4O2/c1-3-4-6-5-7(14)12-8(11-6)13-9(15)10-2/h3,5H,1,4H2,2H3,(H3,10,11,12,13,14,15). The number of amides is 2. The van der Waals surface area contributed by atoms with Gasteiger partial charge >= 0.3 is 6.03 Å². The third kappa shape index (κ3) is 3.26. The molecule has 0 aliphatic carbocycles. The first-order valence-electron chi connectivity index (χ1n) is 4.35. The third-order valence-corrected chi connectivity index (χ3v) is 1.62. The third-order valence-electron chi connectivity index (χ3n) is 1.62. The van der Waals surface area contributed by atoms with E-state index in [9.17, 15) is 9.59 Å². The van der Waals surface area contributed by atoms with Gasteiger partial charge in [0, 0.05) is 25.2 Å². The van der Waals surface area contributed by atoms with Crippen LogP contribution < -0.4 is 16.2 Å². The Hall–Kier alpha value is -2.11. The van der Waals surface area contributed by atoms with E-state index >= 15 is 0 Å². The maximum atomic E-state index is 11.1. The fraction of sp³-hybridized carbons (Fsp3) is 0.222. The molecule has 0 atom stereocenters. The molecule has 3 N–H and O–H groups in total. The van der Waals surface area contributed by atoms with Crippen molar-refractivity contribution in [3.05, 3.63) is 34.8 Å². The summed E-state index contributed by atoms with van der Waals surface area (Å²) in [5, 5.41) is 4.73. The predicted octanol–water partition coefficient (Wildman–Crippen LogP) is 0.250. The first-order chi connectivity index (χ1) is 7.15. The van der Waals surface area contributed by atoms with Gasteiger partial charge in [0.25, 0.3) is 5.56 Å². The molecule has 2 amide bonds. The van der Waals surface area contributed by atoms with Crippen LogP contribution in [-0.2, 0) is 6.42 Å². The quantitative estimate of drug-likeness (QED) is 0.622. The number of nitrogens with one attached hydrogen (secondary N) is 3. The van der Waals surface area contributed by atoms with Gasteiger partial charge in [-0.2, -0.15) is 4.98 Å². The lowest BCUT2D eigenvalue weighted by Crippen LogP contribution is -2.27. The van der Waals surface area contributed by atoms with Gasteiger partial charge in [0.1, 0.15) is 0 Å². The average molecular weight is 208 g/mol. The van der Waals surface area contributed by atoms with Gasteiger partial charge in [-0.3, -0.25) is 10.1 Å². The van der Waals surface area contributed by atoms with E-state index < -0.39 is 11.6 Å². The molecule has 0 radical (unpaired) electrons. The molecule has 0 bridgehead atoms. The number of carbonyl (C=O) groups is 1. The van der Waals surface area contributed by atoms with Crippen molar-refractivity contribution in [1.82, 2.24) is 15.3 Å². The molecule has 0 saturated carbocycles. The minimum atomic E-state index is -0.436. The van der Waals surface area contributed by atoms with Crippen LogP contribution in [0.5, 0.6) is 0 Å². The van der Waals surface area contributed by atoms with Gasteiger partial charge < -0.3 is 10.3 Å². The van der Waals surface area contributed by atoms with Crippen molar-refractivity contribution in [2.45, 2.75) is 6.42 Å². The number of allylic oxidation sites excluding steroid dienone is 1.